The standard InChI is InChI=1S/C12H9Cl2N3OS/c13-5-1-2-6(8(14)3-5)7-4-9(18)16-11-10(7)19-12(15)17-11/h1-3,7H,4H2,(H2,15,17)(H,16,18)/t7-/m1/s1. The molecule has 0 bridgehead atoms. The number of thiazole rings is 1. The first-order valence-corrected chi connectivity index (χ1v) is 7.13. The van der Waals surface area contributed by atoms with Crippen molar-refractivity contribution in [3.63, 3.8) is 0 Å². The molecule has 4 nitrogen and oxygen atoms in total. The number of hydrogen-bond donors (Lipinski definition) is 2. The van der Waals surface area contributed by atoms with E-state index in [2.05, 4.69) is 10.3 Å². The molecule has 3 N–H and O–H groups in total. The highest BCUT2D eigenvalue weighted by atomic mass is 35.5. The Morgan fingerprint density at radius 2 is 2.21 bits per heavy atom. The lowest BCUT2D eigenvalue weighted by atomic mass is 9.91. The molecule has 1 amide bonds. The number of carbonyl (C=O) groups is 1. The quantitative estimate of drug-likeness (QED) is 0.846. The maximum Gasteiger partial charge on any atom is 0.226 e. The number of fused-ring (bicyclic) bond motifs is 1. The summed E-state index contributed by atoms with van der Waals surface area (Å²) in [5.74, 6) is 0.326. The Balaban J connectivity index is 2.12. The van der Waals surface area contributed by atoms with Gasteiger partial charge in [-0.25, -0.2) is 4.98 Å². The van der Waals surface area contributed by atoms with Crippen LogP contribution in [0.3, 0.4) is 0 Å². The molecule has 2 aromatic rings. The van der Waals surface area contributed by atoms with Gasteiger partial charge in [-0.15, -0.1) is 0 Å². The summed E-state index contributed by atoms with van der Waals surface area (Å²) in [6.07, 6.45) is 0.329. The summed E-state index contributed by atoms with van der Waals surface area (Å²) in [7, 11) is 0. The van der Waals surface area contributed by atoms with Crippen molar-refractivity contribution >= 4 is 51.4 Å². The molecule has 7 heteroatoms. The van der Waals surface area contributed by atoms with Gasteiger partial charge in [-0.2, -0.15) is 0 Å². The number of aromatic nitrogens is 1. The van der Waals surface area contributed by atoms with Gasteiger partial charge in [0.05, 0.1) is 4.88 Å². The molecule has 1 aliphatic heterocycles. The van der Waals surface area contributed by atoms with E-state index >= 15 is 0 Å². The van der Waals surface area contributed by atoms with Crippen LogP contribution in [0.2, 0.25) is 10.0 Å². The van der Waals surface area contributed by atoms with Crippen LogP contribution in [0.15, 0.2) is 18.2 Å². The Hall–Kier alpha value is -1.30. The molecule has 0 fully saturated rings. The number of nitrogens with one attached hydrogen (secondary N) is 1. The Morgan fingerprint density at radius 1 is 1.42 bits per heavy atom. The van der Waals surface area contributed by atoms with Gasteiger partial charge >= 0.3 is 0 Å². The maximum atomic E-state index is 11.7. The molecule has 2 heterocycles. The third kappa shape index (κ3) is 2.29. The van der Waals surface area contributed by atoms with Crippen LogP contribution in [0.1, 0.15) is 22.8 Å². The molecule has 3 rings (SSSR count). The first-order valence-electron chi connectivity index (χ1n) is 5.55. The molecule has 1 aliphatic rings. The molecule has 0 aliphatic carbocycles. The van der Waals surface area contributed by atoms with Crippen LogP contribution in [-0.2, 0) is 4.79 Å². The summed E-state index contributed by atoms with van der Waals surface area (Å²) in [4.78, 5) is 16.8. The SMILES string of the molecule is Nc1nc2c(s1)[C@@H](c1ccc(Cl)cc1Cl)CC(=O)N2. The van der Waals surface area contributed by atoms with E-state index in [0.717, 1.165) is 10.4 Å². The average molecular weight is 314 g/mol. The molecule has 0 spiro atoms. The third-order valence-corrected chi connectivity index (χ3v) is 4.53. The highest BCUT2D eigenvalue weighted by Crippen LogP contribution is 2.43. The number of nitrogens with zero attached hydrogens (tertiary/aromatic N) is 1. The molecular formula is C12H9Cl2N3OS. The zero-order valence-corrected chi connectivity index (χ0v) is 11.9. The molecule has 0 unspecified atom stereocenters. The van der Waals surface area contributed by atoms with Crippen LogP contribution < -0.4 is 11.1 Å². The second-order valence-electron chi connectivity index (χ2n) is 4.24. The van der Waals surface area contributed by atoms with Gasteiger partial charge in [0, 0.05) is 22.4 Å². The lowest BCUT2D eigenvalue weighted by molar-refractivity contribution is -0.116. The first kappa shape index (κ1) is 12.7. The van der Waals surface area contributed by atoms with E-state index in [9.17, 15) is 4.79 Å². The Labute approximate surface area is 123 Å². The Morgan fingerprint density at radius 3 is 2.95 bits per heavy atom. The van der Waals surface area contributed by atoms with Gasteiger partial charge in [-0.05, 0) is 17.7 Å². The second-order valence-corrected chi connectivity index (χ2v) is 6.14. The van der Waals surface area contributed by atoms with Crippen LogP contribution in [0.4, 0.5) is 10.9 Å². The van der Waals surface area contributed by atoms with Gasteiger partial charge < -0.3 is 11.1 Å². The number of nitrogen functional groups attached to an aromatic ring is 1. The fourth-order valence-electron chi connectivity index (χ4n) is 2.17. The summed E-state index contributed by atoms with van der Waals surface area (Å²) < 4.78 is 0. The predicted octanol–water partition coefficient (Wildman–Crippen LogP) is 3.51. The number of hydrogen-bond acceptors (Lipinski definition) is 4. The third-order valence-electron chi connectivity index (χ3n) is 2.97. The molecule has 0 saturated carbocycles. The lowest BCUT2D eigenvalue weighted by Gasteiger charge is -2.22. The maximum absolute atomic E-state index is 11.7. The molecular weight excluding hydrogens is 305 g/mol. The van der Waals surface area contributed by atoms with E-state index in [-0.39, 0.29) is 11.8 Å². The van der Waals surface area contributed by atoms with E-state index in [4.69, 9.17) is 28.9 Å². The number of anilines is 2. The van der Waals surface area contributed by atoms with E-state index in [1.54, 1.807) is 12.1 Å². The van der Waals surface area contributed by atoms with Crippen LogP contribution in [0, 0.1) is 0 Å². The van der Waals surface area contributed by atoms with Crippen LogP contribution in [0.5, 0.6) is 0 Å². The van der Waals surface area contributed by atoms with E-state index in [0.29, 0.717) is 27.4 Å². The van der Waals surface area contributed by atoms with Crippen molar-refractivity contribution in [3.05, 3.63) is 38.7 Å². The van der Waals surface area contributed by atoms with Crippen molar-refractivity contribution in [2.45, 2.75) is 12.3 Å². The van der Waals surface area contributed by atoms with Gasteiger partial charge in [0.25, 0.3) is 0 Å². The fourth-order valence-corrected chi connectivity index (χ4v) is 3.62. The van der Waals surface area contributed by atoms with Gasteiger partial charge in [0.2, 0.25) is 5.91 Å². The molecule has 1 aromatic carbocycles. The minimum absolute atomic E-state index is 0.0891. The van der Waals surface area contributed by atoms with E-state index < -0.39 is 0 Å². The molecule has 1 atom stereocenters. The predicted molar refractivity (Wildman–Crippen MR) is 78.1 cm³/mol. The number of halogens is 2. The summed E-state index contributed by atoms with van der Waals surface area (Å²) in [5, 5.41) is 4.27. The van der Waals surface area contributed by atoms with Gasteiger partial charge in [-0.3, -0.25) is 4.79 Å². The van der Waals surface area contributed by atoms with Gasteiger partial charge in [-0.1, -0.05) is 40.6 Å². The summed E-state index contributed by atoms with van der Waals surface area (Å²) in [6, 6.07) is 5.28. The topological polar surface area (TPSA) is 68.0 Å². The van der Waals surface area contributed by atoms with Crippen molar-refractivity contribution in [3.8, 4) is 0 Å². The zero-order chi connectivity index (χ0) is 13.6. The fraction of sp³-hybridized carbons (Fsp3) is 0.167. The van der Waals surface area contributed by atoms with Crippen LogP contribution in [-0.4, -0.2) is 10.9 Å². The van der Waals surface area contributed by atoms with Crippen molar-refractivity contribution in [2.75, 3.05) is 11.1 Å². The molecule has 1 aromatic heterocycles. The highest BCUT2D eigenvalue weighted by Gasteiger charge is 2.31. The van der Waals surface area contributed by atoms with Gasteiger partial charge in [0.15, 0.2) is 5.13 Å². The monoisotopic (exact) mass is 313 g/mol. The van der Waals surface area contributed by atoms with Crippen molar-refractivity contribution in [1.82, 2.24) is 4.98 Å². The number of carbonyl (C=O) groups excluding carboxylic acids is 1. The van der Waals surface area contributed by atoms with Crippen LogP contribution >= 0.6 is 34.5 Å². The van der Waals surface area contributed by atoms with Crippen molar-refractivity contribution in [2.24, 2.45) is 0 Å². The molecule has 0 radical (unpaired) electrons. The number of nitrogens with two attached hydrogens (primary N) is 1. The first-order chi connectivity index (χ1) is 9.04. The molecule has 98 valence electrons. The largest absolute Gasteiger partial charge is 0.375 e. The van der Waals surface area contributed by atoms with Crippen molar-refractivity contribution < 1.29 is 4.79 Å². The van der Waals surface area contributed by atoms with Crippen molar-refractivity contribution in [1.29, 1.82) is 0 Å². The Kier molecular flexibility index (Phi) is 3.12. The molecule has 19 heavy (non-hydrogen) atoms. The lowest BCUT2D eigenvalue weighted by Crippen LogP contribution is -2.22. The number of amides is 1. The highest BCUT2D eigenvalue weighted by molar-refractivity contribution is 7.16. The van der Waals surface area contributed by atoms with Gasteiger partial charge in [0.1, 0.15) is 5.82 Å². The second kappa shape index (κ2) is 4.67. The van der Waals surface area contributed by atoms with Crippen LogP contribution in [0.25, 0.3) is 0 Å². The summed E-state index contributed by atoms with van der Waals surface area (Å²) in [6.45, 7) is 0. The smallest absolute Gasteiger partial charge is 0.226 e. The minimum Gasteiger partial charge on any atom is -0.375 e. The molecule has 0 saturated heterocycles. The minimum atomic E-state index is -0.122. The Bertz CT molecular complexity index is 671. The number of rotatable bonds is 1. The summed E-state index contributed by atoms with van der Waals surface area (Å²) >= 11 is 13.5. The van der Waals surface area contributed by atoms with E-state index in [1.165, 1.54) is 11.3 Å². The number of benzene rings is 1. The normalized spacial score (nSPS) is 18.0. The van der Waals surface area contributed by atoms with E-state index in [1.807, 2.05) is 6.07 Å². The summed E-state index contributed by atoms with van der Waals surface area (Å²) in [5.41, 5.74) is 6.57. The average Bonchev–Trinajstić information content (AvgIpc) is 2.68. The zero-order valence-electron chi connectivity index (χ0n) is 9.61.